The number of benzene rings is 1. The smallest absolute Gasteiger partial charge is 0.212 e. The minimum absolute atomic E-state index is 0.0453. The Bertz CT molecular complexity index is 806. The molecule has 0 radical (unpaired) electrons. The summed E-state index contributed by atoms with van der Waals surface area (Å²) in [5.74, 6) is -0.0453. The standard InChI is InChI=1S/C16H24N2O4S2/c1-12-4-3-5-13(8-12)11-24(21,22)17-14-9-15-6-7-16(10-14)18(15)23(2,19)20/h3-5,8,14-17H,6-7,9-11H2,1-2H3. The number of hydrogen-bond donors (Lipinski definition) is 1. The summed E-state index contributed by atoms with van der Waals surface area (Å²) in [5, 5.41) is 0. The van der Waals surface area contributed by atoms with Crippen molar-refractivity contribution in [2.24, 2.45) is 0 Å². The van der Waals surface area contributed by atoms with Crippen LogP contribution in [0.3, 0.4) is 0 Å². The van der Waals surface area contributed by atoms with Gasteiger partial charge in [-0.2, -0.15) is 4.31 Å². The Morgan fingerprint density at radius 3 is 2.29 bits per heavy atom. The van der Waals surface area contributed by atoms with Crippen molar-refractivity contribution in [1.29, 1.82) is 0 Å². The van der Waals surface area contributed by atoms with Crippen LogP contribution in [0, 0.1) is 6.92 Å². The van der Waals surface area contributed by atoms with Crippen molar-refractivity contribution < 1.29 is 16.8 Å². The van der Waals surface area contributed by atoms with E-state index in [0.29, 0.717) is 12.8 Å². The fraction of sp³-hybridized carbons (Fsp3) is 0.625. The fourth-order valence-electron chi connectivity index (χ4n) is 4.09. The monoisotopic (exact) mass is 372 g/mol. The van der Waals surface area contributed by atoms with Gasteiger partial charge in [0.25, 0.3) is 0 Å². The topological polar surface area (TPSA) is 83.6 Å². The Labute approximate surface area is 144 Å². The Hall–Kier alpha value is -0.960. The highest BCUT2D eigenvalue weighted by Crippen LogP contribution is 2.37. The molecule has 2 fully saturated rings. The van der Waals surface area contributed by atoms with E-state index in [4.69, 9.17) is 0 Å². The van der Waals surface area contributed by atoms with E-state index in [-0.39, 0.29) is 23.9 Å². The number of fused-ring (bicyclic) bond motifs is 2. The lowest BCUT2D eigenvalue weighted by Gasteiger charge is -2.37. The first-order valence-electron chi connectivity index (χ1n) is 8.18. The summed E-state index contributed by atoms with van der Waals surface area (Å²) in [6.07, 6.45) is 3.97. The average molecular weight is 373 g/mol. The molecule has 0 aromatic heterocycles. The summed E-state index contributed by atoms with van der Waals surface area (Å²) in [6, 6.07) is 7.12. The molecule has 1 N–H and O–H groups in total. The van der Waals surface area contributed by atoms with Crippen LogP contribution in [0.15, 0.2) is 24.3 Å². The third-order valence-electron chi connectivity index (χ3n) is 4.83. The van der Waals surface area contributed by atoms with Crippen LogP contribution in [0.4, 0.5) is 0 Å². The van der Waals surface area contributed by atoms with E-state index in [2.05, 4.69) is 4.72 Å². The molecule has 2 bridgehead atoms. The lowest BCUT2D eigenvalue weighted by Crippen LogP contribution is -2.52. The van der Waals surface area contributed by atoms with E-state index in [1.807, 2.05) is 31.2 Å². The van der Waals surface area contributed by atoms with Crippen molar-refractivity contribution in [2.75, 3.05) is 6.26 Å². The lowest BCUT2D eigenvalue weighted by atomic mass is 10.0. The summed E-state index contributed by atoms with van der Waals surface area (Å²) < 4.78 is 53.1. The van der Waals surface area contributed by atoms with Gasteiger partial charge >= 0.3 is 0 Å². The molecule has 0 amide bonds. The van der Waals surface area contributed by atoms with E-state index in [1.165, 1.54) is 6.26 Å². The molecule has 3 rings (SSSR count). The van der Waals surface area contributed by atoms with E-state index in [1.54, 1.807) is 4.31 Å². The zero-order chi connectivity index (χ0) is 17.5. The molecule has 134 valence electrons. The van der Waals surface area contributed by atoms with Crippen LogP contribution in [0.25, 0.3) is 0 Å². The molecule has 8 heteroatoms. The molecular formula is C16H24N2O4S2. The Morgan fingerprint density at radius 1 is 1.12 bits per heavy atom. The van der Waals surface area contributed by atoms with Crippen LogP contribution < -0.4 is 4.72 Å². The number of rotatable bonds is 5. The van der Waals surface area contributed by atoms with Crippen molar-refractivity contribution in [3.63, 3.8) is 0 Å². The third kappa shape index (κ3) is 3.99. The molecule has 1 aromatic carbocycles. The molecule has 2 atom stereocenters. The van der Waals surface area contributed by atoms with Gasteiger partial charge < -0.3 is 0 Å². The first kappa shape index (κ1) is 17.8. The van der Waals surface area contributed by atoms with Crippen molar-refractivity contribution in [3.05, 3.63) is 35.4 Å². The van der Waals surface area contributed by atoms with E-state index >= 15 is 0 Å². The molecular weight excluding hydrogens is 348 g/mol. The maximum atomic E-state index is 12.4. The number of aryl methyl sites for hydroxylation is 1. The SMILES string of the molecule is Cc1cccc(CS(=O)(=O)NC2CC3CCC(C2)N3S(C)(=O)=O)c1. The molecule has 0 saturated carbocycles. The third-order valence-corrected chi connectivity index (χ3v) is 7.60. The minimum Gasteiger partial charge on any atom is -0.212 e. The zero-order valence-electron chi connectivity index (χ0n) is 14.0. The Balaban J connectivity index is 1.67. The van der Waals surface area contributed by atoms with Crippen LogP contribution in [-0.4, -0.2) is 45.5 Å². The van der Waals surface area contributed by atoms with Crippen LogP contribution in [-0.2, 0) is 25.8 Å². The molecule has 2 aliphatic rings. The molecule has 2 aliphatic heterocycles. The summed E-state index contributed by atoms with van der Waals surface area (Å²) in [5.41, 5.74) is 1.79. The predicted molar refractivity (Wildman–Crippen MR) is 93.5 cm³/mol. The van der Waals surface area contributed by atoms with Gasteiger partial charge in [-0.05, 0) is 38.2 Å². The van der Waals surface area contributed by atoms with Crippen LogP contribution in [0.5, 0.6) is 0 Å². The number of piperidine rings is 1. The molecule has 6 nitrogen and oxygen atoms in total. The maximum absolute atomic E-state index is 12.4. The second-order valence-corrected chi connectivity index (χ2v) is 10.7. The zero-order valence-corrected chi connectivity index (χ0v) is 15.6. The number of nitrogens with one attached hydrogen (secondary N) is 1. The van der Waals surface area contributed by atoms with Crippen molar-refractivity contribution in [1.82, 2.24) is 9.03 Å². The Kier molecular flexibility index (Phi) is 4.76. The van der Waals surface area contributed by atoms with Gasteiger partial charge in [0.15, 0.2) is 0 Å². The summed E-state index contributed by atoms with van der Waals surface area (Å²) in [7, 11) is -6.67. The lowest BCUT2D eigenvalue weighted by molar-refractivity contribution is 0.221. The maximum Gasteiger partial charge on any atom is 0.216 e. The van der Waals surface area contributed by atoms with Gasteiger partial charge in [-0.3, -0.25) is 0 Å². The number of nitrogens with zero attached hydrogens (tertiary/aromatic N) is 1. The molecule has 2 heterocycles. The van der Waals surface area contributed by atoms with E-state index in [0.717, 1.165) is 24.0 Å². The van der Waals surface area contributed by atoms with Crippen LogP contribution in [0.2, 0.25) is 0 Å². The predicted octanol–water partition coefficient (Wildman–Crippen LogP) is 1.37. The molecule has 2 unspecified atom stereocenters. The fourth-order valence-corrected chi connectivity index (χ4v) is 6.96. The highest BCUT2D eigenvalue weighted by Gasteiger charge is 2.45. The first-order valence-corrected chi connectivity index (χ1v) is 11.7. The molecule has 1 aromatic rings. The normalized spacial score (nSPS) is 28.2. The largest absolute Gasteiger partial charge is 0.216 e. The number of sulfonamides is 2. The Morgan fingerprint density at radius 2 is 1.75 bits per heavy atom. The first-order chi connectivity index (χ1) is 11.1. The second-order valence-electron chi connectivity index (χ2n) is 7.01. The van der Waals surface area contributed by atoms with Gasteiger partial charge in [0, 0.05) is 18.1 Å². The van der Waals surface area contributed by atoms with Crippen LogP contribution >= 0.6 is 0 Å². The van der Waals surface area contributed by atoms with Crippen LogP contribution in [0.1, 0.15) is 36.8 Å². The van der Waals surface area contributed by atoms with Crippen molar-refractivity contribution in [2.45, 2.75) is 56.5 Å². The summed E-state index contributed by atoms with van der Waals surface area (Å²) in [6.45, 7) is 1.93. The summed E-state index contributed by atoms with van der Waals surface area (Å²) >= 11 is 0. The molecule has 24 heavy (non-hydrogen) atoms. The highest BCUT2D eigenvalue weighted by molar-refractivity contribution is 7.88. The second kappa shape index (κ2) is 6.40. The average Bonchev–Trinajstić information content (AvgIpc) is 2.70. The number of hydrogen-bond acceptors (Lipinski definition) is 4. The summed E-state index contributed by atoms with van der Waals surface area (Å²) in [4.78, 5) is 0. The van der Waals surface area contributed by atoms with Gasteiger partial charge in [0.2, 0.25) is 20.0 Å². The molecule has 0 aliphatic carbocycles. The van der Waals surface area contributed by atoms with Crippen molar-refractivity contribution >= 4 is 20.0 Å². The van der Waals surface area contributed by atoms with E-state index < -0.39 is 20.0 Å². The highest BCUT2D eigenvalue weighted by atomic mass is 32.2. The molecule has 0 spiro atoms. The van der Waals surface area contributed by atoms with Gasteiger partial charge in [-0.15, -0.1) is 0 Å². The van der Waals surface area contributed by atoms with Gasteiger partial charge in [0.1, 0.15) is 0 Å². The quantitative estimate of drug-likeness (QED) is 0.846. The van der Waals surface area contributed by atoms with Gasteiger partial charge in [-0.1, -0.05) is 29.8 Å². The van der Waals surface area contributed by atoms with E-state index in [9.17, 15) is 16.8 Å². The van der Waals surface area contributed by atoms with Gasteiger partial charge in [-0.25, -0.2) is 21.6 Å². The minimum atomic E-state index is -3.44. The van der Waals surface area contributed by atoms with Crippen molar-refractivity contribution in [3.8, 4) is 0 Å². The molecule has 2 saturated heterocycles. The van der Waals surface area contributed by atoms with Gasteiger partial charge in [0.05, 0.1) is 12.0 Å².